The lowest BCUT2D eigenvalue weighted by Gasteiger charge is -2.13. The molecule has 0 aliphatic heterocycles. The normalized spacial score (nSPS) is 11.4. The summed E-state index contributed by atoms with van der Waals surface area (Å²) in [5.74, 6) is 0.322. The Morgan fingerprint density at radius 2 is 1.76 bits per heavy atom. The van der Waals surface area contributed by atoms with E-state index in [9.17, 15) is 4.79 Å². The number of aldehydes is 1. The highest BCUT2D eigenvalue weighted by atomic mass is 35.5. The van der Waals surface area contributed by atoms with Gasteiger partial charge in [-0.1, -0.05) is 65.1 Å². The zero-order valence-electron chi connectivity index (χ0n) is 14.6. The molecule has 2 aromatic carbocycles. The van der Waals surface area contributed by atoms with Gasteiger partial charge in [0, 0.05) is 11.6 Å². The SMILES string of the molecule is N#CC(C=O)NNc1cc(Cl)c(Oc2cc(-c3ccccc3)c(Cl)nn2)c(Cl)c1. The molecular weight excluding hydrogens is 437 g/mol. The van der Waals surface area contributed by atoms with Gasteiger partial charge < -0.3 is 15.0 Å². The van der Waals surface area contributed by atoms with Crippen molar-refractivity contribution in [2.24, 2.45) is 0 Å². The average molecular weight is 449 g/mol. The number of hydrazine groups is 1. The van der Waals surface area contributed by atoms with Gasteiger partial charge in [-0.2, -0.15) is 5.26 Å². The van der Waals surface area contributed by atoms with E-state index in [1.54, 1.807) is 12.1 Å². The van der Waals surface area contributed by atoms with Crippen LogP contribution in [0, 0.1) is 11.3 Å². The van der Waals surface area contributed by atoms with E-state index >= 15 is 0 Å². The molecule has 1 aromatic heterocycles. The van der Waals surface area contributed by atoms with Gasteiger partial charge in [-0.25, -0.2) is 5.43 Å². The first-order valence-electron chi connectivity index (χ1n) is 8.14. The molecule has 7 nitrogen and oxygen atoms in total. The van der Waals surface area contributed by atoms with Gasteiger partial charge in [-0.05, 0) is 17.7 Å². The number of carbonyl (C=O) groups is 1. The molecule has 2 N–H and O–H groups in total. The first kappa shape index (κ1) is 20.8. The molecule has 3 rings (SSSR count). The molecule has 0 saturated heterocycles. The van der Waals surface area contributed by atoms with Crippen LogP contribution in [0.25, 0.3) is 11.1 Å². The summed E-state index contributed by atoms with van der Waals surface area (Å²) in [5, 5.41) is 17.2. The van der Waals surface area contributed by atoms with Gasteiger partial charge in [-0.15, -0.1) is 10.2 Å². The average Bonchev–Trinajstić information content (AvgIpc) is 2.73. The molecule has 0 spiro atoms. The number of nitriles is 1. The predicted molar refractivity (Wildman–Crippen MR) is 111 cm³/mol. The zero-order valence-corrected chi connectivity index (χ0v) is 16.8. The molecule has 1 unspecified atom stereocenters. The van der Waals surface area contributed by atoms with Gasteiger partial charge in [-0.3, -0.25) is 0 Å². The molecular formula is C19H12Cl3N5O2. The van der Waals surface area contributed by atoms with Crippen LogP contribution in [0.3, 0.4) is 0 Å². The van der Waals surface area contributed by atoms with Crippen molar-refractivity contribution in [3.05, 3.63) is 63.7 Å². The quantitative estimate of drug-likeness (QED) is 0.391. The van der Waals surface area contributed by atoms with Crippen LogP contribution >= 0.6 is 34.8 Å². The highest BCUT2D eigenvalue weighted by Gasteiger charge is 2.15. The van der Waals surface area contributed by atoms with E-state index in [2.05, 4.69) is 21.0 Å². The summed E-state index contributed by atoms with van der Waals surface area (Å²) in [6.07, 6.45) is 0.456. The van der Waals surface area contributed by atoms with Crippen LogP contribution in [0.5, 0.6) is 11.6 Å². The molecule has 0 bridgehead atoms. The smallest absolute Gasteiger partial charge is 0.239 e. The second-order valence-electron chi connectivity index (χ2n) is 5.64. The van der Waals surface area contributed by atoms with Crippen molar-refractivity contribution in [3.63, 3.8) is 0 Å². The Morgan fingerprint density at radius 1 is 1.07 bits per heavy atom. The number of hydrogen-bond acceptors (Lipinski definition) is 7. The van der Waals surface area contributed by atoms with E-state index < -0.39 is 6.04 Å². The lowest BCUT2D eigenvalue weighted by molar-refractivity contribution is -0.108. The third-order valence-corrected chi connectivity index (χ3v) is 4.50. The number of rotatable bonds is 7. The number of carbonyl (C=O) groups excluding carboxylic acids is 1. The Balaban J connectivity index is 1.84. The van der Waals surface area contributed by atoms with Crippen LogP contribution in [-0.2, 0) is 4.79 Å². The summed E-state index contributed by atoms with van der Waals surface area (Å²) in [6, 6.07) is 14.8. The van der Waals surface area contributed by atoms with Gasteiger partial charge in [0.15, 0.2) is 23.2 Å². The van der Waals surface area contributed by atoms with E-state index in [4.69, 9.17) is 44.8 Å². The van der Waals surface area contributed by atoms with Crippen molar-refractivity contribution in [1.82, 2.24) is 15.6 Å². The van der Waals surface area contributed by atoms with E-state index in [-0.39, 0.29) is 26.8 Å². The molecule has 1 heterocycles. The van der Waals surface area contributed by atoms with Gasteiger partial charge in [0.05, 0.1) is 21.8 Å². The van der Waals surface area contributed by atoms with Crippen LogP contribution < -0.4 is 15.6 Å². The number of nitrogens with one attached hydrogen (secondary N) is 2. The summed E-state index contributed by atoms with van der Waals surface area (Å²) in [4.78, 5) is 10.7. The number of hydrogen-bond donors (Lipinski definition) is 2. The number of aromatic nitrogens is 2. The molecule has 29 heavy (non-hydrogen) atoms. The fraction of sp³-hybridized carbons (Fsp3) is 0.0526. The molecule has 3 aromatic rings. The molecule has 0 aliphatic carbocycles. The zero-order chi connectivity index (χ0) is 20.8. The minimum atomic E-state index is -1.02. The topological polar surface area (TPSA) is 99.9 Å². The minimum absolute atomic E-state index is 0.154. The standard InChI is InChI=1S/C19H12Cl3N5O2/c20-15-6-12(24-25-13(9-23)10-28)7-16(21)18(15)29-17-8-14(19(22)27-26-17)11-4-2-1-3-5-11/h1-8,10,13,24-25H. The largest absolute Gasteiger partial charge is 0.434 e. The van der Waals surface area contributed by atoms with Crippen molar-refractivity contribution in [3.8, 4) is 28.8 Å². The van der Waals surface area contributed by atoms with Crippen molar-refractivity contribution >= 4 is 46.8 Å². The second-order valence-corrected chi connectivity index (χ2v) is 6.81. The highest BCUT2D eigenvalue weighted by molar-refractivity contribution is 6.37. The maximum Gasteiger partial charge on any atom is 0.239 e. The Morgan fingerprint density at radius 3 is 2.38 bits per heavy atom. The number of nitrogens with zero attached hydrogens (tertiary/aromatic N) is 3. The molecule has 1 atom stereocenters. The number of benzene rings is 2. The highest BCUT2D eigenvalue weighted by Crippen LogP contribution is 2.39. The van der Waals surface area contributed by atoms with E-state index in [1.165, 1.54) is 12.1 Å². The maximum absolute atomic E-state index is 10.7. The molecule has 0 saturated carbocycles. The molecule has 0 aliphatic rings. The van der Waals surface area contributed by atoms with Gasteiger partial charge in [0.25, 0.3) is 0 Å². The molecule has 0 fully saturated rings. The number of anilines is 1. The number of halogens is 3. The fourth-order valence-corrected chi connectivity index (χ4v) is 3.09. The number of ether oxygens (including phenoxy) is 1. The third-order valence-electron chi connectivity index (χ3n) is 3.66. The third kappa shape index (κ3) is 5.13. The lowest BCUT2D eigenvalue weighted by Crippen LogP contribution is -2.33. The van der Waals surface area contributed by atoms with Gasteiger partial charge >= 0.3 is 0 Å². The summed E-state index contributed by atoms with van der Waals surface area (Å²) >= 11 is 18.7. The van der Waals surface area contributed by atoms with Crippen molar-refractivity contribution < 1.29 is 9.53 Å². The summed E-state index contributed by atoms with van der Waals surface area (Å²) in [5.41, 5.74) is 7.12. The van der Waals surface area contributed by atoms with Crippen LogP contribution in [0.15, 0.2) is 48.5 Å². The summed E-state index contributed by atoms with van der Waals surface area (Å²) in [7, 11) is 0. The summed E-state index contributed by atoms with van der Waals surface area (Å²) in [6.45, 7) is 0. The predicted octanol–water partition coefficient (Wildman–Crippen LogP) is 4.90. The van der Waals surface area contributed by atoms with Gasteiger partial charge in [0.2, 0.25) is 5.88 Å². The molecule has 0 amide bonds. The Hall–Kier alpha value is -2.89. The Kier molecular flexibility index (Phi) is 6.86. The lowest BCUT2D eigenvalue weighted by atomic mass is 10.1. The van der Waals surface area contributed by atoms with Crippen molar-refractivity contribution in [2.45, 2.75) is 6.04 Å². The minimum Gasteiger partial charge on any atom is -0.434 e. The van der Waals surface area contributed by atoms with Gasteiger partial charge in [0.1, 0.15) is 0 Å². The first-order valence-corrected chi connectivity index (χ1v) is 9.27. The van der Waals surface area contributed by atoms with Crippen LogP contribution in [0.2, 0.25) is 15.2 Å². The van der Waals surface area contributed by atoms with E-state index in [1.807, 2.05) is 30.3 Å². The Bertz CT molecular complexity index is 1050. The molecule has 0 radical (unpaired) electrons. The molecule has 10 heteroatoms. The monoisotopic (exact) mass is 447 g/mol. The summed E-state index contributed by atoms with van der Waals surface area (Å²) < 4.78 is 5.73. The second kappa shape index (κ2) is 9.54. The first-order chi connectivity index (χ1) is 14.0. The Labute approximate surface area is 181 Å². The molecule has 146 valence electrons. The van der Waals surface area contributed by atoms with Crippen LogP contribution in [0.4, 0.5) is 5.69 Å². The van der Waals surface area contributed by atoms with Crippen LogP contribution in [0.1, 0.15) is 0 Å². The van der Waals surface area contributed by atoms with Crippen molar-refractivity contribution in [1.29, 1.82) is 5.26 Å². The van der Waals surface area contributed by atoms with Crippen molar-refractivity contribution in [2.75, 3.05) is 5.43 Å². The maximum atomic E-state index is 10.7. The van der Waals surface area contributed by atoms with Crippen LogP contribution in [-0.4, -0.2) is 22.5 Å². The fourth-order valence-electron chi connectivity index (χ4n) is 2.32. The van der Waals surface area contributed by atoms with E-state index in [0.29, 0.717) is 17.5 Å². The van der Waals surface area contributed by atoms with E-state index in [0.717, 1.165) is 5.56 Å².